The number of rotatable bonds is 6. The van der Waals surface area contributed by atoms with Crippen molar-refractivity contribution in [1.29, 1.82) is 0 Å². The van der Waals surface area contributed by atoms with Crippen molar-refractivity contribution in [1.82, 2.24) is 10.3 Å². The Balaban J connectivity index is 1.56. The van der Waals surface area contributed by atoms with Gasteiger partial charge in [0.2, 0.25) is 5.91 Å². The fraction of sp³-hybridized carbons (Fsp3) is 0.556. The first-order valence-corrected chi connectivity index (χ1v) is 8.73. The van der Waals surface area contributed by atoms with Crippen LogP contribution in [-0.4, -0.2) is 41.7 Å². The fourth-order valence-corrected chi connectivity index (χ4v) is 3.18. The van der Waals surface area contributed by atoms with Crippen LogP contribution in [0.3, 0.4) is 0 Å². The van der Waals surface area contributed by atoms with Gasteiger partial charge in [0, 0.05) is 31.7 Å². The minimum absolute atomic E-state index is 0.0263. The molecule has 0 aliphatic carbocycles. The van der Waals surface area contributed by atoms with Gasteiger partial charge in [-0.1, -0.05) is 19.1 Å². The van der Waals surface area contributed by atoms with Gasteiger partial charge in [0.1, 0.15) is 5.52 Å². The molecule has 1 amide bonds. The van der Waals surface area contributed by atoms with Gasteiger partial charge in [-0.3, -0.25) is 4.79 Å². The lowest BCUT2D eigenvalue weighted by atomic mass is 9.95. The molecule has 1 fully saturated rings. The molecular formula is C18H25N3O3. The van der Waals surface area contributed by atoms with Crippen molar-refractivity contribution in [3.63, 3.8) is 0 Å². The van der Waals surface area contributed by atoms with Crippen LogP contribution in [0.15, 0.2) is 28.7 Å². The Bertz CT molecular complexity index is 644. The lowest BCUT2D eigenvalue weighted by Crippen LogP contribution is -2.44. The fourth-order valence-electron chi connectivity index (χ4n) is 3.18. The first-order valence-electron chi connectivity index (χ1n) is 8.73. The molecule has 0 saturated carbocycles. The quantitative estimate of drug-likeness (QED) is 0.849. The summed E-state index contributed by atoms with van der Waals surface area (Å²) in [5.41, 5.74) is 1.66. The molecule has 1 aliphatic rings. The summed E-state index contributed by atoms with van der Waals surface area (Å²) in [6.45, 7) is 3.66. The molecule has 6 nitrogen and oxygen atoms in total. The van der Waals surface area contributed by atoms with Gasteiger partial charge < -0.3 is 19.7 Å². The van der Waals surface area contributed by atoms with Gasteiger partial charge in [-0.15, -0.1) is 0 Å². The Hall–Kier alpha value is -2.08. The van der Waals surface area contributed by atoms with E-state index in [0.29, 0.717) is 12.4 Å². The SMILES string of the molecule is CCC(CCO)NC(=O)C1CCN(c2nc3ccccc3o2)CC1. The van der Waals surface area contributed by atoms with E-state index < -0.39 is 0 Å². The first kappa shape index (κ1) is 16.8. The minimum Gasteiger partial charge on any atom is -0.423 e. The number of hydrogen-bond acceptors (Lipinski definition) is 5. The average Bonchev–Trinajstić information content (AvgIpc) is 3.05. The number of carbonyl (C=O) groups excluding carboxylic acids is 1. The normalized spacial score (nSPS) is 17.2. The molecule has 6 heteroatoms. The topological polar surface area (TPSA) is 78.6 Å². The molecule has 1 aliphatic heterocycles. The summed E-state index contributed by atoms with van der Waals surface area (Å²) in [4.78, 5) is 19.0. The maximum absolute atomic E-state index is 12.4. The Labute approximate surface area is 141 Å². The van der Waals surface area contributed by atoms with E-state index in [-0.39, 0.29) is 24.5 Å². The Kier molecular flexibility index (Phi) is 5.35. The highest BCUT2D eigenvalue weighted by molar-refractivity contribution is 5.79. The van der Waals surface area contributed by atoms with Crippen LogP contribution in [0, 0.1) is 5.92 Å². The number of aliphatic hydroxyl groups is 1. The lowest BCUT2D eigenvalue weighted by molar-refractivity contribution is -0.126. The number of carbonyl (C=O) groups is 1. The summed E-state index contributed by atoms with van der Waals surface area (Å²) in [6, 6.07) is 8.44. The van der Waals surface area contributed by atoms with Gasteiger partial charge in [0.25, 0.3) is 6.01 Å². The Morgan fingerprint density at radius 2 is 2.17 bits per heavy atom. The number of piperidine rings is 1. The summed E-state index contributed by atoms with van der Waals surface area (Å²) in [7, 11) is 0. The van der Waals surface area contributed by atoms with Gasteiger partial charge in [-0.05, 0) is 37.8 Å². The Morgan fingerprint density at radius 3 is 2.83 bits per heavy atom. The third-order valence-corrected chi connectivity index (χ3v) is 4.74. The van der Waals surface area contributed by atoms with Crippen LogP contribution in [0.1, 0.15) is 32.6 Å². The predicted octanol–water partition coefficient (Wildman–Crippen LogP) is 2.32. The standard InChI is InChI=1S/C18H25N3O3/c1-2-14(9-12-22)19-17(23)13-7-10-21(11-8-13)18-20-15-5-3-4-6-16(15)24-18/h3-6,13-14,22H,2,7-12H2,1H3,(H,19,23). The summed E-state index contributed by atoms with van der Waals surface area (Å²) < 4.78 is 5.80. The van der Waals surface area contributed by atoms with E-state index in [1.54, 1.807) is 0 Å². The number of nitrogens with one attached hydrogen (secondary N) is 1. The van der Waals surface area contributed by atoms with Crippen molar-refractivity contribution < 1.29 is 14.3 Å². The summed E-state index contributed by atoms with van der Waals surface area (Å²) in [6.07, 6.45) is 3.04. The molecule has 2 N–H and O–H groups in total. The second-order valence-electron chi connectivity index (χ2n) is 6.35. The van der Waals surface area contributed by atoms with E-state index >= 15 is 0 Å². The van der Waals surface area contributed by atoms with E-state index in [9.17, 15) is 4.79 Å². The largest absolute Gasteiger partial charge is 0.423 e. The van der Waals surface area contributed by atoms with Crippen molar-refractivity contribution in [3.05, 3.63) is 24.3 Å². The average molecular weight is 331 g/mol. The van der Waals surface area contributed by atoms with E-state index in [2.05, 4.69) is 15.2 Å². The monoisotopic (exact) mass is 331 g/mol. The van der Waals surface area contributed by atoms with Crippen LogP contribution >= 0.6 is 0 Å². The number of aromatic nitrogens is 1. The molecule has 1 atom stereocenters. The van der Waals surface area contributed by atoms with E-state index in [1.807, 2.05) is 31.2 Å². The second kappa shape index (κ2) is 7.66. The molecule has 24 heavy (non-hydrogen) atoms. The molecule has 1 unspecified atom stereocenters. The van der Waals surface area contributed by atoms with Gasteiger partial charge in [-0.2, -0.15) is 4.98 Å². The predicted molar refractivity (Wildman–Crippen MR) is 92.9 cm³/mol. The molecule has 1 aromatic heterocycles. The van der Waals surface area contributed by atoms with Crippen molar-refractivity contribution in [3.8, 4) is 0 Å². The number of aliphatic hydroxyl groups excluding tert-OH is 1. The molecule has 0 bridgehead atoms. The molecular weight excluding hydrogens is 306 g/mol. The van der Waals surface area contributed by atoms with Crippen LogP contribution < -0.4 is 10.2 Å². The number of para-hydroxylation sites is 2. The third-order valence-electron chi connectivity index (χ3n) is 4.74. The van der Waals surface area contributed by atoms with Gasteiger partial charge in [0.05, 0.1) is 0 Å². The van der Waals surface area contributed by atoms with E-state index in [1.165, 1.54) is 0 Å². The second-order valence-corrected chi connectivity index (χ2v) is 6.35. The molecule has 1 aromatic carbocycles. The first-order chi connectivity index (χ1) is 11.7. The highest BCUT2D eigenvalue weighted by atomic mass is 16.4. The zero-order chi connectivity index (χ0) is 16.9. The maximum atomic E-state index is 12.4. The summed E-state index contributed by atoms with van der Waals surface area (Å²) >= 11 is 0. The number of hydrogen-bond donors (Lipinski definition) is 2. The zero-order valence-corrected chi connectivity index (χ0v) is 14.1. The minimum atomic E-state index is 0.0263. The lowest BCUT2D eigenvalue weighted by Gasteiger charge is -2.31. The van der Waals surface area contributed by atoms with E-state index in [0.717, 1.165) is 43.5 Å². The molecule has 1 saturated heterocycles. The summed E-state index contributed by atoms with van der Waals surface area (Å²) in [5.74, 6) is 0.130. The molecule has 2 aromatic rings. The number of fused-ring (bicyclic) bond motifs is 1. The Morgan fingerprint density at radius 1 is 1.42 bits per heavy atom. The smallest absolute Gasteiger partial charge is 0.298 e. The number of nitrogens with zero attached hydrogens (tertiary/aromatic N) is 2. The molecule has 0 spiro atoms. The molecule has 130 valence electrons. The summed E-state index contributed by atoms with van der Waals surface area (Å²) in [5, 5.41) is 12.1. The number of oxazole rings is 1. The maximum Gasteiger partial charge on any atom is 0.298 e. The van der Waals surface area contributed by atoms with Gasteiger partial charge in [0.15, 0.2) is 5.58 Å². The zero-order valence-electron chi connectivity index (χ0n) is 14.1. The number of amides is 1. The number of benzene rings is 1. The van der Waals surface area contributed by atoms with Crippen LogP contribution in [0.25, 0.3) is 11.1 Å². The molecule has 2 heterocycles. The van der Waals surface area contributed by atoms with Crippen LogP contribution in [0.5, 0.6) is 0 Å². The van der Waals surface area contributed by atoms with Crippen LogP contribution in [0.2, 0.25) is 0 Å². The molecule has 0 radical (unpaired) electrons. The third kappa shape index (κ3) is 3.70. The van der Waals surface area contributed by atoms with Crippen molar-refractivity contribution in [2.75, 3.05) is 24.6 Å². The van der Waals surface area contributed by atoms with Gasteiger partial charge in [-0.25, -0.2) is 0 Å². The number of anilines is 1. The van der Waals surface area contributed by atoms with E-state index in [4.69, 9.17) is 9.52 Å². The highest BCUT2D eigenvalue weighted by Crippen LogP contribution is 2.26. The van der Waals surface area contributed by atoms with Crippen molar-refractivity contribution >= 4 is 23.0 Å². The van der Waals surface area contributed by atoms with Crippen LogP contribution in [-0.2, 0) is 4.79 Å². The highest BCUT2D eigenvalue weighted by Gasteiger charge is 2.28. The van der Waals surface area contributed by atoms with Crippen LogP contribution in [0.4, 0.5) is 6.01 Å². The van der Waals surface area contributed by atoms with Gasteiger partial charge >= 0.3 is 0 Å². The van der Waals surface area contributed by atoms with Crippen molar-refractivity contribution in [2.24, 2.45) is 5.92 Å². The molecule has 3 rings (SSSR count). The van der Waals surface area contributed by atoms with Crippen molar-refractivity contribution in [2.45, 2.75) is 38.6 Å².